The molecule has 84 valence electrons. The fourth-order valence-electron chi connectivity index (χ4n) is 1.17. The number of rotatable bonds is 2. The Bertz CT molecular complexity index is 365. The topological polar surface area (TPSA) is 26.0 Å². The van der Waals surface area contributed by atoms with E-state index >= 15 is 0 Å². The van der Waals surface area contributed by atoms with Crippen molar-refractivity contribution >= 4 is 11.6 Å². The van der Waals surface area contributed by atoms with Gasteiger partial charge in [0.1, 0.15) is 5.02 Å². The normalized spacial score (nSPS) is 13.0. The molecule has 0 fully saturated rings. The molecular formula is C9H8ClF4N. The van der Waals surface area contributed by atoms with Gasteiger partial charge in [-0.2, -0.15) is 0 Å². The summed E-state index contributed by atoms with van der Waals surface area (Å²) in [5, 5.41) is -1.18. The van der Waals surface area contributed by atoms with E-state index in [1.807, 2.05) is 0 Å². The maximum absolute atomic E-state index is 13.2. The molecule has 6 heteroatoms. The Morgan fingerprint density at radius 3 is 1.80 bits per heavy atom. The molecule has 0 aliphatic heterocycles. The van der Waals surface area contributed by atoms with E-state index in [4.69, 9.17) is 17.3 Å². The summed E-state index contributed by atoms with van der Waals surface area (Å²) in [7, 11) is 0. The number of halogens is 5. The molecule has 15 heavy (non-hydrogen) atoms. The van der Waals surface area contributed by atoms with E-state index in [1.54, 1.807) is 0 Å². The highest BCUT2D eigenvalue weighted by atomic mass is 35.5. The van der Waals surface area contributed by atoms with Gasteiger partial charge in [0.2, 0.25) is 0 Å². The predicted molar refractivity (Wildman–Crippen MR) is 48.8 cm³/mol. The molecule has 1 rings (SSSR count). The highest BCUT2D eigenvalue weighted by Gasteiger charge is 2.26. The molecule has 1 aromatic carbocycles. The van der Waals surface area contributed by atoms with E-state index in [-0.39, 0.29) is 6.54 Å². The summed E-state index contributed by atoms with van der Waals surface area (Å²) in [5.41, 5.74) is 4.46. The van der Waals surface area contributed by atoms with Crippen LogP contribution in [0.15, 0.2) is 0 Å². The van der Waals surface area contributed by atoms with Crippen LogP contribution in [0, 0.1) is 23.3 Å². The first-order chi connectivity index (χ1) is 6.91. The maximum Gasteiger partial charge on any atom is 0.180 e. The van der Waals surface area contributed by atoms with E-state index in [2.05, 4.69) is 0 Å². The second-order valence-electron chi connectivity index (χ2n) is 3.12. The van der Waals surface area contributed by atoms with E-state index in [1.165, 1.54) is 6.92 Å². The molecule has 0 saturated heterocycles. The lowest BCUT2D eigenvalue weighted by Crippen LogP contribution is -2.15. The van der Waals surface area contributed by atoms with Gasteiger partial charge in [-0.3, -0.25) is 0 Å². The third kappa shape index (κ3) is 1.94. The molecule has 1 aromatic rings. The second kappa shape index (κ2) is 4.37. The zero-order valence-corrected chi connectivity index (χ0v) is 8.51. The lowest BCUT2D eigenvalue weighted by molar-refractivity contribution is 0.430. The Kier molecular flexibility index (Phi) is 3.57. The number of hydrogen-bond donors (Lipinski definition) is 1. The molecule has 0 aliphatic carbocycles. The lowest BCUT2D eigenvalue weighted by Gasteiger charge is -2.13. The summed E-state index contributed by atoms with van der Waals surface area (Å²) in [5.74, 6) is -6.99. The number of nitrogens with two attached hydrogens (primary N) is 1. The molecular weight excluding hydrogens is 234 g/mol. The predicted octanol–water partition coefficient (Wildman–Crippen LogP) is 2.96. The van der Waals surface area contributed by atoms with Crippen LogP contribution in [0.3, 0.4) is 0 Å². The molecule has 0 bridgehead atoms. The molecule has 0 amide bonds. The fraction of sp³-hybridized carbons (Fsp3) is 0.333. The van der Waals surface area contributed by atoms with Crippen molar-refractivity contribution in [3.8, 4) is 0 Å². The molecule has 0 aliphatic rings. The van der Waals surface area contributed by atoms with Crippen molar-refractivity contribution in [1.29, 1.82) is 0 Å². The van der Waals surface area contributed by atoms with Gasteiger partial charge in [0.05, 0.1) is 0 Å². The Hall–Kier alpha value is -0.810. The molecule has 0 radical (unpaired) electrons. The Balaban J connectivity index is 3.52. The first kappa shape index (κ1) is 12.3. The molecule has 0 heterocycles. The zero-order chi connectivity index (χ0) is 11.7. The third-order valence-corrected chi connectivity index (χ3v) is 2.42. The van der Waals surface area contributed by atoms with Crippen molar-refractivity contribution in [2.75, 3.05) is 6.54 Å². The van der Waals surface area contributed by atoms with Crippen LogP contribution in [0.4, 0.5) is 17.6 Å². The van der Waals surface area contributed by atoms with Gasteiger partial charge < -0.3 is 5.73 Å². The van der Waals surface area contributed by atoms with Crippen LogP contribution in [0.2, 0.25) is 5.02 Å². The summed E-state index contributed by atoms with van der Waals surface area (Å²) in [6.45, 7) is 1.22. The van der Waals surface area contributed by atoms with Crippen LogP contribution < -0.4 is 5.73 Å². The largest absolute Gasteiger partial charge is 0.330 e. The van der Waals surface area contributed by atoms with Gasteiger partial charge in [-0.05, 0) is 12.5 Å². The van der Waals surface area contributed by atoms with Crippen molar-refractivity contribution in [3.05, 3.63) is 33.9 Å². The number of benzene rings is 1. The monoisotopic (exact) mass is 241 g/mol. The summed E-state index contributed by atoms with van der Waals surface area (Å²) in [6.07, 6.45) is 0. The van der Waals surface area contributed by atoms with Crippen LogP contribution >= 0.6 is 11.6 Å². The van der Waals surface area contributed by atoms with Crippen LogP contribution in [0.5, 0.6) is 0 Å². The molecule has 1 atom stereocenters. The standard InChI is InChI=1S/C9H8ClF4N/c1-3(2-15)4-6(11)8(13)5(10)9(14)7(4)12/h3H,2,15H2,1H3. The van der Waals surface area contributed by atoms with Crippen molar-refractivity contribution in [2.24, 2.45) is 5.73 Å². The van der Waals surface area contributed by atoms with Gasteiger partial charge in [-0.25, -0.2) is 17.6 Å². The molecule has 0 saturated carbocycles. The molecule has 1 unspecified atom stereocenters. The quantitative estimate of drug-likeness (QED) is 0.481. The molecule has 0 aromatic heterocycles. The first-order valence-corrected chi connectivity index (χ1v) is 4.51. The fourth-order valence-corrected chi connectivity index (χ4v) is 1.34. The highest BCUT2D eigenvalue weighted by Crippen LogP contribution is 2.31. The van der Waals surface area contributed by atoms with Crippen LogP contribution in [-0.2, 0) is 0 Å². The van der Waals surface area contributed by atoms with Crippen molar-refractivity contribution in [3.63, 3.8) is 0 Å². The van der Waals surface area contributed by atoms with Gasteiger partial charge in [0.25, 0.3) is 0 Å². The first-order valence-electron chi connectivity index (χ1n) is 4.13. The van der Waals surface area contributed by atoms with Crippen LogP contribution in [0.1, 0.15) is 18.4 Å². The van der Waals surface area contributed by atoms with Gasteiger partial charge in [-0.1, -0.05) is 18.5 Å². The van der Waals surface area contributed by atoms with Crippen molar-refractivity contribution in [1.82, 2.24) is 0 Å². The van der Waals surface area contributed by atoms with Gasteiger partial charge in [-0.15, -0.1) is 0 Å². The number of hydrogen-bond acceptors (Lipinski definition) is 1. The van der Waals surface area contributed by atoms with Crippen LogP contribution in [0.25, 0.3) is 0 Å². The summed E-state index contributed by atoms with van der Waals surface area (Å²) in [4.78, 5) is 0. The molecule has 0 spiro atoms. The average molecular weight is 242 g/mol. The maximum atomic E-state index is 13.2. The smallest absolute Gasteiger partial charge is 0.180 e. The van der Waals surface area contributed by atoms with E-state index in [0.29, 0.717) is 0 Å². The van der Waals surface area contributed by atoms with E-state index in [0.717, 1.165) is 0 Å². The Morgan fingerprint density at radius 1 is 1.07 bits per heavy atom. The van der Waals surface area contributed by atoms with Crippen molar-refractivity contribution in [2.45, 2.75) is 12.8 Å². The minimum absolute atomic E-state index is 0.131. The summed E-state index contributed by atoms with van der Waals surface area (Å²) in [6, 6.07) is 0. The van der Waals surface area contributed by atoms with Crippen LogP contribution in [-0.4, -0.2) is 6.54 Å². The second-order valence-corrected chi connectivity index (χ2v) is 3.50. The molecule has 2 N–H and O–H groups in total. The highest BCUT2D eigenvalue weighted by molar-refractivity contribution is 6.30. The van der Waals surface area contributed by atoms with E-state index in [9.17, 15) is 17.6 Å². The van der Waals surface area contributed by atoms with Gasteiger partial charge in [0.15, 0.2) is 23.3 Å². The summed E-state index contributed by atoms with van der Waals surface area (Å²) < 4.78 is 52.4. The SMILES string of the molecule is CC(CN)c1c(F)c(F)c(Cl)c(F)c1F. The van der Waals surface area contributed by atoms with Gasteiger partial charge in [0, 0.05) is 5.56 Å². The average Bonchev–Trinajstić information content (AvgIpc) is 2.23. The van der Waals surface area contributed by atoms with Gasteiger partial charge >= 0.3 is 0 Å². The Morgan fingerprint density at radius 2 is 1.47 bits per heavy atom. The van der Waals surface area contributed by atoms with Crippen molar-refractivity contribution < 1.29 is 17.6 Å². The Labute approximate surface area is 88.8 Å². The third-order valence-electron chi connectivity index (χ3n) is 2.09. The lowest BCUT2D eigenvalue weighted by atomic mass is 9.99. The zero-order valence-electron chi connectivity index (χ0n) is 7.75. The molecule has 1 nitrogen and oxygen atoms in total. The van der Waals surface area contributed by atoms with E-state index < -0.39 is 39.8 Å². The minimum Gasteiger partial charge on any atom is -0.330 e. The summed E-state index contributed by atoms with van der Waals surface area (Å²) >= 11 is 5.05. The minimum atomic E-state index is -1.59.